The van der Waals surface area contributed by atoms with Gasteiger partial charge in [-0.05, 0) is 51.3 Å². The molecule has 35 heavy (non-hydrogen) atoms. The van der Waals surface area contributed by atoms with Crippen molar-refractivity contribution in [2.75, 3.05) is 39.5 Å². The fraction of sp³-hybridized carbons (Fsp3) is 0.320. The van der Waals surface area contributed by atoms with Crippen molar-refractivity contribution in [2.24, 2.45) is 7.05 Å². The van der Waals surface area contributed by atoms with Crippen LogP contribution >= 0.6 is 0 Å². The van der Waals surface area contributed by atoms with E-state index in [0.29, 0.717) is 34.3 Å². The lowest BCUT2D eigenvalue weighted by atomic mass is 10.2. The smallest absolute Gasteiger partial charge is 0.223 e. The van der Waals surface area contributed by atoms with E-state index in [4.69, 9.17) is 10.00 Å². The second-order valence-corrected chi connectivity index (χ2v) is 8.80. The summed E-state index contributed by atoms with van der Waals surface area (Å²) in [6.45, 7) is 4.69. The number of hydrogen-bond donors (Lipinski definition) is 1. The van der Waals surface area contributed by atoms with Gasteiger partial charge in [-0.2, -0.15) is 10.2 Å². The lowest BCUT2D eigenvalue weighted by Gasteiger charge is -2.19. The lowest BCUT2D eigenvalue weighted by molar-refractivity contribution is 0.276. The van der Waals surface area contributed by atoms with E-state index < -0.39 is 0 Å². The Balaban J connectivity index is 1.55. The van der Waals surface area contributed by atoms with Gasteiger partial charge in [-0.25, -0.2) is 15.0 Å². The molecular weight excluding hydrogens is 442 g/mol. The van der Waals surface area contributed by atoms with Gasteiger partial charge in [-0.3, -0.25) is 0 Å². The van der Waals surface area contributed by atoms with Crippen LogP contribution in [0.3, 0.4) is 0 Å². The molecule has 10 nitrogen and oxygen atoms in total. The van der Waals surface area contributed by atoms with Gasteiger partial charge in [0.25, 0.3) is 0 Å². The van der Waals surface area contributed by atoms with Crippen molar-refractivity contribution in [1.29, 1.82) is 5.26 Å². The van der Waals surface area contributed by atoms with Crippen molar-refractivity contribution in [3.63, 3.8) is 0 Å². The Kier molecular flexibility index (Phi) is 7.19. The van der Waals surface area contributed by atoms with E-state index in [9.17, 15) is 0 Å². The van der Waals surface area contributed by atoms with Gasteiger partial charge in [-0.15, -0.1) is 0 Å². The second kappa shape index (κ2) is 10.5. The molecule has 0 unspecified atom stereocenters. The van der Waals surface area contributed by atoms with E-state index in [0.717, 1.165) is 36.4 Å². The first-order chi connectivity index (χ1) is 16.8. The SMILES string of the molecule is Cc1cc(C#N)ncc1Oc1cc(Nc2ccc(CN(C)CCN(C)C)cn2)c2ncn(C)c2n1. The summed E-state index contributed by atoms with van der Waals surface area (Å²) in [6, 6.07) is 9.53. The molecule has 4 aromatic rings. The average Bonchev–Trinajstić information content (AvgIpc) is 3.21. The molecule has 0 saturated heterocycles. The summed E-state index contributed by atoms with van der Waals surface area (Å²) in [5.41, 5.74) is 4.39. The van der Waals surface area contributed by atoms with Gasteiger partial charge in [-0.1, -0.05) is 6.07 Å². The maximum absolute atomic E-state index is 9.05. The number of nitrogens with one attached hydrogen (secondary N) is 1. The van der Waals surface area contributed by atoms with E-state index in [1.807, 2.05) is 36.9 Å². The third-order valence-corrected chi connectivity index (χ3v) is 5.51. The molecule has 1 N–H and O–H groups in total. The van der Waals surface area contributed by atoms with Crippen molar-refractivity contribution in [3.8, 4) is 17.7 Å². The highest BCUT2D eigenvalue weighted by molar-refractivity contribution is 5.88. The Morgan fingerprint density at radius 2 is 1.91 bits per heavy atom. The number of nitriles is 1. The van der Waals surface area contributed by atoms with Crippen LogP contribution in [0.2, 0.25) is 0 Å². The Bertz CT molecular complexity index is 1360. The van der Waals surface area contributed by atoms with Crippen LogP contribution in [0.4, 0.5) is 11.5 Å². The normalized spacial score (nSPS) is 11.3. The Morgan fingerprint density at radius 3 is 2.60 bits per heavy atom. The molecule has 0 atom stereocenters. The number of imidazole rings is 1. The first kappa shape index (κ1) is 24.1. The topological polar surface area (TPSA) is 108 Å². The number of nitrogens with zero attached hydrogens (tertiary/aromatic N) is 8. The van der Waals surface area contributed by atoms with Crippen LogP contribution in [0.5, 0.6) is 11.6 Å². The van der Waals surface area contributed by atoms with E-state index in [2.05, 4.69) is 62.3 Å². The number of aromatic nitrogens is 5. The minimum absolute atomic E-state index is 0.339. The van der Waals surface area contributed by atoms with Crippen LogP contribution in [-0.2, 0) is 13.6 Å². The number of anilines is 2. The highest BCUT2D eigenvalue weighted by Gasteiger charge is 2.14. The van der Waals surface area contributed by atoms with Crippen molar-refractivity contribution in [1.82, 2.24) is 34.3 Å². The number of pyridine rings is 3. The van der Waals surface area contributed by atoms with Gasteiger partial charge in [0.2, 0.25) is 5.88 Å². The number of likely N-dealkylation sites (N-methyl/N-ethyl adjacent to an activating group) is 2. The van der Waals surface area contributed by atoms with Crippen molar-refractivity contribution in [3.05, 3.63) is 59.8 Å². The third-order valence-electron chi connectivity index (χ3n) is 5.51. The van der Waals surface area contributed by atoms with Gasteiger partial charge in [0.05, 0.1) is 18.2 Å². The number of rotatable bonds is 9. The number of hydrogen-bond acceptors (Lipinski definition) is 9. The fourth-order valence-corrected chi connectivity index (χ4v) is 3.54. The summed E-state index contributed by atoms with van der Waals surface area (Å²) in [7, 11) is 8.14. The van der Waals surface area contributed by atoms with E-state index in [1.54, 1.807) is 18.5 Å². The molecule has 4 rings (SSSR count). The summed E-state index contributed by atoms with van der Waals surface area (Å²) in [5, 5.41) is 12.4. The predicted octanol–water partition coefficient (Wildman–Crippen LogP) is 3.47. The van der Waals surface area contributed by atoms with Crippen LogP contribution in [0.15, 0.2) is 43.0 Å². The third kappa shape index (κ3) is 5.90. The molecule has 0 aliphatic carbocycles. The Labute approximate surface area is 204 Å². The first-order valence-corrected chi connectivity index (χ1v) is 11.2. The monoisotopic (exact) mass is 471 g/mol. The zero-order valence-electron chi connectivity index (χ0n) is 20.6. The molecule has 0 bridgehead atoms. The molecule has 4 aromatic heterocycles. The first-order valence-electron chi connectivity index (χ1n) is 11.2. The maximum atomic E-state index is 9.05. The van der Waals surface area contributed by atoms with Crippen LogP contribution in [-0.4, -0.2) is 68.5 Å². The molecule has 0 radical (unpaired) electrons. The highest BCUT2D eigenvalue weighted by Crippen LogP contribution is 2.31. The molecule has 4 heterocycles. The molecule has 10 heteroatoms. The number of fused-ring (bicyclic) bond motifs is 1. The molecule has 0 aliphatic heterocycles. The summed E-state index contributed by atoms with van der Waals surface area (Å²) in [4.78, 5) is 22.2. The van der Waals surface area contributed by atoms with Gasteiger partial charge in [0, 0.05) is 38.9 Å². The van der Waals surface area contributed by atoms with Crippen LogP contribution < -0.4 is 10.1 Å². The number of ether oxygens (including phenoxy) is 1. The van der Waals surface area contributed by atoms with Crippen molar-refractivity contribution >= 4 is 22.7 Å². The summed E-state index contributed by atoms with van der Waals surface area (Å²) < 4.78 is 7.86. The zero-order valence-corrected chi connectivity index (χ0v) is 20.6. The van der Waals surface area contributed by atoms with Crippen molar-refractivity contribution in [2.45, 2.75) is 13.5 Å². The predicted molar refractivity (Wildman–Crippen MR) is 135 cm³/mol. The van der Waals surface area contributed by atoms with Gasteiger partial charge >= 0.3 is 0 Å². The van der Waals surface area contributed by atoms with E-state index >= 15 is 0 Å². The van der Waals surface area contributed by atoms with Crippen LogP contribution in [0.25, 0.3) is 11.2 Å². The molecule has 0 aromatic carbocycles. The molecule has 0 spiro atoms. The van der Waals surface area contributed by atoms with E-state index in [-0.39, 0.29) is 0 Å². The van der Waals surface area contributed by atoms with Gasteiger partial charge < -0.3 is 24.4 Å². The van der Waals surface area contributed by atoms with Gasteiger partial charge in [0.15, 0.2) is 11.4 Å². The maximum Gasteiger partial charge on any atom is 0.223 e. The molecule has 0 aliphatic rings. The lowest BCUT2D eigenvalue weighted by Crippen LogP contribution is -2.28. The van der Waals surface area contributed by atoms with Crippen LogP contribution in [0, 0.1) is 18.3 Å². The molecule has 0 fully saturated rings. The minimum Gasteiger partial charge on any atom is -0.437 e. The highest BCUT2D eigenvalue weighted by atomic mass is 16.5. The summed E-state index contributed by atoms with van der Waals surface area (Å²) in [5.74, 6) is 1.62. The fourth-order valence-electron chi connectivity index (χ4n) is 3.54. The largest absolute Gasteiger partial charge is 0.437 e. The van der Waals surface area contributed by atoms with Gasteiger partial charge in [0.1, 0.15) is 23.1 Å². The molecule has 0 saturated carbocycles. The molecule has 0 amide bonds. The molecular formula is C25H29N9O. The van der Waals surface area contributed by atoms with E-state index in [1.165, 1.54) is 6.20 Å². The second-order valence-electron chi connectivity index (χ2n) is 8.80. The minimum atomic E-state index is 0.339. The summed E-state index contributed by atoms with van der Waals surface area (Å²) >= 11 is 0. The summed E-state index contributed by atoms with van der Waals surface area (Å²) in [6.07, 6.45) is 5.13. The zero-order chi connectivity index (χ0) is 24.9. The van der Waals surface area contributed by atoms with Crippen molar-refractivity contribution < 1.29 is 4.74 Å². The number of aryl methyl sites for hydroxylation is 2. The Hall–Kier alpha value is -4.07. The quantitative estimate of drug-likeness (QED) is 0.392. The molecule has 180 valence electrons. The average molecular weight is 472 g/mol. The van der Waals surface area contributed by atoms with Crippen LogP contribution in [0.1, 0.15) is 16.8 Å². The standard InChI is InChI=1S/C25H29N9O/c1-17-10-19(12-26)27-14-21(17)35-23-11-20(24-25(31-23)34(5)16-29-24)30-22-7-6-18(13-28-22)15-33(4)9-8-32(2)3/h6-7,10-11,13-14,16H,8-9,15H2,1-5H3,(H,28,30,31). The Morgan fingerprint density at radius 1 is 1.09 bits per heavy atom.